The summed E-state index contributed by atoms with van der Waals surface area (Å²) < 4.78 is 40.0. The Morgan fingerprint density at radius 3 is 2.41 bits per heavy atom. The topological polar surface area (TPSA) is 100 Å². The molecule has 1 fully saturated rings. The molecule has 2 heterocycles. The van der Waals surface area contributed by atoms with E-state index in [1.807, 2.05) is 0 Å². The zero-order valence-corrected chi connectivity index (χ0v) is 14.5. The summed E-state index contributed by atoms with van der Waals surface area (Å²) in [5, 5.41) is 12.7. The highest BCUT2D eigenvalue weighted by atomic mass is 19.4. The van der Waals surface area contributed by atoms with Crippen LogP contribution < -0.4 is 16.4 Å². The maximum absolute atomic E-state index is 12.9. The molecular formula is C17H19F3N4O3. The molecule has 0 atom stereocenters. The van der Waals surface area contributed by atoms with E-state index in [1.54, 1.807) is 0 Å². The smallest absolute Gasteiger partial charge is 0.391 e. The Bertz CT molecular complexity index is 923. The number of aromatic amines is 1. The Morgan fingerprint density at radius 1 is 1.22 bits per heavy atom. The number of alkyl halides is 3. The highest BCUT2D eigenvalue weighted by molar-refractivity contribution is 5.49. The molecule has 3 N–H and O–H groups in total. The van der Waals surface area contributed by atoms with E-state index in [2.05, 4.69) is 15.3 Å². The molecule has 0 unspecified atom stereocenters. The van der Waals surface area contributed by atoms with Crippen molar-refractivity contribution in [3.8, 4) is 11.4 Å². The van der Waals surface area contributed by atoms with Crippen molar-refractivity contribution in [1.82, 2.24) is 14.5 Å². The first-order chi connectivity index (χ1) is 12.7. The zero-order valence-electron chi connectivity index (χ0n) is 14.5. The summed E-state index contributed by atoms with van der Waals surface area (Å²) in [7, 11) is 1.48. The SMILES string of the molecule is CNc1nc(C2CCC(C(F)(F)F)CC2)n(-c2ccc(=O)[nH]c2)c(=O)c1O. The number of pyridine rings is 1. The average molecular weight is 384 g/mol. The highest BCUT2D eigenvalue weighted by Crippen LogP contribution is 2.43. The number of anilines is 1. The van der Waals surface area contributed by atoms with E-state index in [0.717, 1.165) is 4.57 Å². The van der Waals surface area contributed by atoms with Crippen LogP contribution in [0.5, 0.6) is 5.75 Å². The molecular weight excluding hydrogens is 365 g/mol. The first kappa shape index (κ1) is 19.0. The van der Waals surface area contributed by atoms with Gasteiger partial charge in [-0.15, -0.1) is 0 Å². The first-order valence-corrected chi connectivity index (χ1v) is 8.52. The number of halogens is 3. The minimum Gasteiger partial charge on any atom is -0.500 e. The monoisotopic (exact) mass is 384 g/mol. The van der Waals surface area contributed by atoms with Gasteiger partial charge in [0.25, 0.3) is 0 Å². The average Bonchev–Trinajstić information content (AvgIpc) is 2.64. The number of H-pyrrole nitrogens is 1. The van der Waals surface area contributed by atoms with Crippen LogP contribution in [0.4, 0.5) is 19.0 Å². The molecule has 0 spiro atoms. The van der Waals surface area contributed by atoms with Gasteiger partial charge in [-0.25, -0.2) is 4.98 Å². The quantitative estimate of drug-likeness (QED) is 0.755. The van der Waals surface area contributed by atoms with Gasteiger partial charge in [-0.1, -0.05) is 0 Å². The van der Waals surface area contributed by atoms with Crippen molar-refractivity contribution in [3.05, 3.63) is 44.9 Å². The number of hydrogen-bond donors (Lipinski definition) is 3. The van der Waals surface area contributed by atoms with E-state index in [9.17, 15) is 27.9 Å². The van der Waals surface area contributed by atoms with E-state index in [-0.39, 0.29) is 54.5 Å². The molecule has 0 aliphatic heterocycles. The summed E-state index contributed by atoms with van der Waals surface area (Å²) in [4.78, 5) is 30.7. The van der Waals surface area contributed by atoms with Gasteiger partial charge >= 0.3 is 11.7 Å². The van der Waals surface area contributed by atoms with Crippen LogP contribution in [0.2, 0.25) is 0 Å². The van der Waals surface area contributed by atoms with Crippen LogP contribution in [0.15, 0.2) is 27.9 Å². The predicted octanol–water partition coefficient (Wildman–Crippen LogP) is 2.50. The second-order valence-corrected chi connectivity index (χ2v) is 6.56. The van der Waals surface area contributed by atoms with Gasteiger partial charge in [0.1, 0.15) is 5.82 Å². The number of aromatic nitrogens is 3. The van der Waals surface area contributed by atoms with Gasteiger partial charge in [-0.3, -0.25) is 14.2 Å². The normalized spacial score (nSPS) is 20.4. The number of aromatic hydroxyl groups is 1. The van der Waals surface area contributed by atoms with Crippen molar-refractivity contribution in [2.75, 3.05) is 12.4 Å². The van der Waals surface area contributed by atoms with Crippen LogP contribution in [-0.2, 0) is 0 Å². The molecule has 1 saturated carbocycles. The highest BCUT2D eigenvalue weighted by Gasteiger charge is 2.42. The lowest BCUT2D eigenvalue weighted by Crippen LogP contribution is -2.31. The molecule has 3 rings (SSSR count). The van der Waals surface area contributed by atoms with Crippen molar-refractivity contribution in [2.45, 2.75) is 37.8 Å². The maximum atomic E-state index is 12.9. The van der Waals surface area contributed by atoms with Gasteiger partial charge in [-0.05, 0) is 31.7 Å². The Balaban J connectivity index is 2.06. The van der Waals surface area contributed by atoms with Crippen molar-refractivity contribution in [3.63, 3.8) is 0 Å². The molecule has 1 aliphatic carbocycles. The third-order valence-corrected chi connectivity index (χ3v) is 4.90. The third-order valence-electron chi connectivity index (χ3n) is 4.90. The zero-order chi connectivity index (χ0) is 19.8. The number of rotatable bonds is 3. The second-order valence-electron chi connectivity index (χ2n) is 6.56. The molecule has 0 bridgehead atoms. The lowest BCUT2D eigenvalue weighted by atomic mass is 9.81. The molecule has 1 aliphatic rings. The van der Waals surface area contributed by atoms with Crippen molar-refractivity contribution < 1.29 is 18.3 Å². The van der Waals surface area contributed by atoms with Gasteiger partial charge in [0.15, 0.2) is 5.82 Å². The predicted molar refractivity (Wildman–Crippen MR) is 92.4 cm³/mol. The van der Waals surface area contributed by atoms with Crippen molar-refractivity contribution >= 4 is 5.82 Å². The Labute approximate surface area is 151 Å². The lowest BCUT2D eigenvalue weighted by Gasteiger charge is -2.30. The van der Waals surface area contributed by atoms with E-state index in [4.69, 9.17) is 0 Å². The molecule has 0 radical (unpaired) electrons. The van der Waals surface area contributed by atoms with Crippen LogP contribution in [0, 0.1) is 5.92 Å². The summed E-state index contributed by atoms with van der Waals surface area (Å²) in [5.74, 6) is -2.11. The van der Waals surface area contributed by atoms with Crippen LogP contribution in [0.3, 0.4) is 0 Å². The van der Waals surface area contributed by atoms with Crippen molar-refractivity contribution in [1.29, 1.82) is 0 Å². The summed E-state index contributed by atoms with van der Waals surface area (Å²) in [6, 6.07) is 2.61. The minimum absolute atomic E-state index is 0.0337. The number of nitrogens with one attached hydrogen (secondary N) is 2. The Hall–Kier alpha value is -2.78. The fourth-order valence-electron chi connectivity index (χ4n) is 3.45. The molecule has 2 aromatic rings. The third kappa shape index (κ3) is 3.69. The molecule has 27 heavy (non-hydrogen) atoms. The van der Waals surface area contributed by atoms with E-state index >= 15 is 0 Å². The summed E-state index contributed by atoms with van der Waals surface area (Å²) in [6.45, 7) is 0. The fourth-order valence-corrected chi connectivity index (χ4v) is 3.45. The molecule has 10 heteroatoms. The Morgan fingerprint density at radius 2 is 1.89 bits per heavy atom. The van der Waals surface area contributed by atoms with Crippen LogP contribution in [0.25, 0.3) is 5.69 Å². The molecule has 2 aromatic heterocycles. The lowest BCUT2D eigenvalue weighted by molar-refractivity contribution is -0.182. The van der Waals surface area contributed by atoms with E-state index in [0.29, 0.717) is 0 Å². The largest absolute Gasteiger partial charge is 0.500 e. The van der Waals surface area contributed by atoms with Crippen LogP contribution in [-0.4, -0.2) is 32.9 Å². The summed E-state index contributed by atoms with van der Waals surface area (Å²) in [6.07, 6.45) is -2.60. The molecule has 0 amide bonds. The standard InChI is InChI=1S/C17H19F3N4O3/c1-21-14-13(26)16(27)24(11-6-7-12(25)22-8-11)15(23-14)9-2-4-10(5-3-9)17(18,19)20/h6-10,21,26H,2-5H2,1H3,(H,22,25). The van der Waals surface area contributed by atoms with E-state index in [1.165, 1.54) is 25.4 Å². The number of hydrogen-bond acceptors (Lipinski definition) is 5. The van der Waals surface area contributed by atoms with E-state index < -0.39 is 23.4 Å². The second kappa shape index (κ2) is 7.09. The first-order valence-electron chi connectivity index (χ1n) is 8.52. The molecule has 146 valence electrons. The Kier molecular flexibility index (Phi) is 4.99. The van der Waals surface area contributed by atoms with Gasteiger partial charge in [0.05, 0.1) is 11.6 Å². The van der Waals surface area contributed by atoms with Gasteiger partial charge in [0, 0.05) is 25.2 Å². The summed E-state index contributed by atoms with van der Waals surface area (Å²) >= 11 is 0. The fraction of sp³-hybridized carbons (Fsp3) is 0.471. The van der Waals surface area contributed by atoms with Gasteiger partial charge in [0.2, 0.25) is 11.3 Å². The molecule has 0 saturated heterocycles. The maximum Gasteiger partial charge on any atom is 0.391 e. The minimum atomic E-state index is -4.23. The van der Waals surface area contributed by atoms with Crippen LogP contribution in [0.1, 0.15) is 37.4 Å². The molecule has 0 aromatic carbocycles. The van der Waals surface area contributed by atoms with Crippen LogP contribution >= 0.6 is 0 Å². The molecule has 7 nitrogen and oxygen atoms in total. The van der Waals surface area contributed by atoms with Crippen molar-refractivity contribution in [2.24, 2.45) is 5.92 Å². The summed E-state index contributed by atoms with van der Waals surface area (Å²) in [5.41, 5.74) is -0.851. The van der Waals surface area contributed by atoms with Gasteiger partial charge in [-0.2, -0.15) is 13.2 Å². The van der Waals surface area contributed by atoms with Gasteiger partial charge < -0.3 is 15.4 Å². The number of nitrogens with zero attached hydrogens (tertiary/aromatic N) is 2.